The normalized spacial score (nSPS) is 11.4. The van der Waals surface area contributed by atoms with Crippen molar-refractivity contribution in [2.75, 3.05) is 0 Å². The third-order valence-corrected chi connectivity index (χ3v) is 3.11. The molecule has 4 nitrogen and oxygen atoms in total. The van der Waals surface area contributed by atoms with Gasteiger partial charge in [-0.1, -0.05) is 33.2 Å². The van der Waals surface area contributed by atoms with E-state index in [-0.39, 0.29) is 5.84 Å². The van der Waals surface area contributed by atoms with Crippen LogP contribution in [0.2, 0.25) is 0 Å². The molecule has 2 aromatic rings. The van der Waals surface area contributed by atoms with Gasteiger partial charge in [0.25, 0.3) is 0 Å². The number of oxime groups is 1. The summed E-state index contributed by atoms with van der Waals surface area (Å²) < 4.78 is 19.6. The summed E-state index contributed by atoms with van der Waals surface area (Å²) in [5, 5.41) is 11.8. The summed E-state index contributed by atoms with van der Waals surface area (Å²) in [5.41, 5.74) is 6.84. The van der Waals surface area contributed by atoms with E-state index in [1.807, 2.05) is 13.0 Å². The van der Waals surface area contributed by atoms with Crippen molar-refractivity contribution in [2.24, 2.45) is 10.9 Å². The fourth-order valence-corrected chi connectivity index (χ4v) is 2.19. The van der Waals surface area contributed by atoms with Crippen LogP contribution in [0.15, 0.2) is 46.0 Å². The first-order valence-corrected chi connectivity index (χ1v) is 6.52. The van der Waals surface area contributed by atoms with Gasteiger partial charge in [-0.25, -0.2) is 4.39 Å². The molecule has 3 N–H and O–H groups in total. The third-order valence-electron chi connectivity index (χ3n) is 2.65. The zero-order chi connectivity index (χ0) is 14.7. The molecule has 0 heterocycles. The van der Waals surface area contributed by atoms with E-state index in [0.717, 1.165) is 5.56 Å². The molecule has 0 aromatic heterocycles. The van der Waals surface area contributed by atoms with Gasteiger partial charge in [0.05, 0.1) is 5.56 Å². The van der Waals surface area contributed by atoms with E-state index < -0.39 is 5.82 Å². The van der Waals surface area contributed by atoms with Crippen molar-refractivity contribution >= 4 is 21.8 Å². The van der Waals surface area contributed by atoms with Crippen LogP contribution in [0.25, 0.3) is 0 Å². The Hall–Kier alpha value is -2.08. The van der Waals surface area contributed by atoms with E-state index >= 15 is 0 Å². The van der Waals surface area contributed by atoms with Gasteiger partial charge < -0.3 is 15.7 Å². The number of rotatable bonds is 3. The minimum absolute atomic E-state index is 0.0702. The number of halogens is 2. The predicted octanol–water partition coefficient (Wildman–Crippen LogP) is 3.78. The fourth-order valence-electron chi connectivity index (χ4n) is 1.75. The maximum Gasteiger partial charge on any atom is 0.173 e. The van der Waals surface area contributed by atoms with Crippen molar-refractivity contribution in [3.05, 3.63) is 57.8 Å². The van der Waals surface area contributed by atoms with E-state index in [1.165, 1.54) is 12.1 Å². The number of ether oxygens (including phenoxy) is 1. The van der Waals surface area contributed by atoms with Crippen LogP contribution < -0.4 is 10.5 Å². The Morgan fingerprint density at radius 1 is 1.35 bits per heavy atom. The number of hydrogen-bond acceptors (Lipinski definition) is 3. The second-order valence-electron chi connectivity index (χ2n) is 4.14. The van der Waals surface area contributed by atoms with E-state index in [2.05, 4.69) is 21.1 Å². The first-order valence-electron chi connectivity index (χ1n) is 5.72. The standard InChI is InChI=1S/C14H12BrFN2O2/c1-8-3-2-4-12(14(17)18-19)13(8)20-11-6-9(15)5-10(16)7-11/h2-7,19H,1H3,(H2,17,18). The summed E-state index contributed by atoms with van der Waals surface area (Å²) in [5.74, 6) is 0.242. The molecule has 104 valence electrons. The number of aryl methyl sites for hydroxylation is 1. The first-order chi connectivity index (χ1) is 9.51. The van der Waals surface area contributed by atoms with Gasteiger partial charge in [0.1, 0.15) is 17.3 Å². The molecule has 2 aromatic carbocycles. The Labute approximate surface area is 123 Å². The highest BCUT2D eigenvalue weighted by atomic mass is 79.9. The summed E-state index contributed by atoms with van der Waals surface area (Å²) in [4.78, 5) is 0. The number of nitrogens with two attached hydrogens (primary N) is 1. The second kappa shape index (κ2) is 5.92. The number of benzene rings is 2. The molecule has 0 bridgehead atoms. The molecule has 0 spiro atoms. The highest BCUT2D eigenvalue weighted by Crippen LogP contribution is 2.31. The number of amidine groups is 1. The zero-order valence-electron chi connectivity index (χ0n) is 10.6. The first kappa shape index (κ1) is 14.3. The van der Waals surface area contributed by atoms with Gasteiger partial charge in [0, 0.05) is 10.5 Å². The molecule has 0 fully saturated rings. The van der Waals surface area contributed by atoms with Gasteiger partial charge in [0.15, 0.2) is 5.84 Å². The molecule has 0 saturated heterocycles. The van der Waals surface area contributed by atoms with Crippen LogP contribution in [0, 0.1) is 12.7 Å². The van der Waals surface area contributed by atoms with Gasteiger partial charge in [-0.15, -0.1) is 0 Å². The molecule has 0 saturated carbocycles. The van der Waals surface area contributed by atoms with Gasteiger partial charge >= 0.3 is 0 Å². The topological polar surface area (TPSA) is 67.8 Å². The third kappa shape index (κ3) is 3.08. The maximum atomic E-state index is 13.4. The molecule has 0 amide bonds. The minimum atomic E-state index is -0.423. The number of para-hydroxylation sites is 1. The second-order valence-corrected chi connectivity index (χ2v) is 5.06. The Balaban J connectivity index is 2.47. The quantitative estimate of drug-likeness (QED) is 0.387. The Morgan fingerprint density at radius 3 is 2.75 bits per heavy atom. The summed E-state index contributed by atoms with van der Waals surface area (Å²) in [6, 6.07) is 9.45. The van der Waals surface area contributed by atoms with Crippen LogP contribution in [-0.4, -0.2) is 11.0 Å². The summed E-state index contributed by atoms with van der Waals surface area (Å²) in [6.45, 7) is 1.82. The average Bonchev–Trinajstić information content (AvgIpc) is 2.39. The van der Waals surface area contributed by atoms with Crippen LogP contribution in [0.5, 0.6) is 11.5 Å². The van der Waals surface area contributed by atoms with Crippen LogP contribution in [-0.2, 0) is 0 Å². The molecule has 0 atom stereocenters. The lowest BCUT2D eigenvalue weighted by molar-refractivity contribution is 0.318. The van der Waals surface area contributed by atoms with Crippen LogP contribution in [0.3, 0.4) is 0 Å². The van der Waals surface area contributed by atoms with Gasteiger partial charge in [0.2, 0.25) is 0 Å². The van der Waals surface area contributed by atoms with Gasteiger partial charge in [-0.2, -0.15) is 0 Å². The fraction of sp³-hybridized carbons (Fsp3) is 0.0714. The van der Waals surface area contributed by atoms with Crippen molar-refractivity contribution in [2.45, 2.75) is 6.92 Å². The number of nitrogens with zero attached hydrogens (tertiary/aromatic N) is 1. The van der Waals surface area contributed by atoms with Gasteiger partial charge in [-0.3, -0.25) is 0 Å². The van der Waals surface area contributed by atoms with Crippen molar-refractivity contribution in [3.63, 3.8) is 0 Å². The van der Waals surface area contributed by atoms with Crippen molar-refractivity contribution in [3.8, 4) is 11.5 Å². The molecule has 0 unspecified atom stereocenters. The maximum absolute atomic E-state index is 13.4. The molecule has 0 aliphatic heterocycles. The van der Waals surface area contributed by atoms with E-state index in [4.69, 9.17) is 15.7 Å². The molecule has 20 heavy (non-hydrogen) atoms. The van der Waals surface area contributed by atoms with E-state index in [0.29, 0.717) is 21.5 Å². The van der Waals surface area contributed by atoms with Crippen molar-refractivity contribution < 1.29 is 14.3 Å². The lowest BCUT2D eigenvalue weighted by Crippen LogP contribution is -2.14. The summed E-state index contributed by atoms with van der Waals surface area (Å²) in [7, 11) is 0. The van der Waals surface area contributed by atoms with E-state index in [1.54, 1.807) is 18.2 Å². The molecule has 6 heteroatoms. The van der Waals surface area contributed by atoms with Crippen LogP contribution in [0.1, 0.15) is 11.1 Å². The molecule has 0 radical (unpaired) electrons. The van der Waals surface area contributed by atoms with Gasteiger partial charge in [-0.05, 0) is 30.7 Å². The molecule has 2 rings (SSSR count). The lowest BCUT2D eigenvalue weighted by atomic mass is 10.1. The Morgan fingerprint density at radius 2 is 2.10 bits per heavy atom. The molecule has 0 aliphatic carbocycles. The predicted molar refractivity (Wildman–Crippen MR) is 77.9 cm³/mol. The largest absolute Gasteiger partial charge is 0.456 e. The SMILES string of the molecule is Cc1cccc(/C(N)=N/O)c1Oc1cc(F)cc(Br)c1. The average molecular weight is 339 g/mol. The minimum Gasteiger partial charge on any atom is -0.456 e. The Kier molecular flexibility index (Phi) is 4.24. The lowest BCUT2D eigenvalue weighted by Gasteiger charge is -2.13. The van der Waals surface area contributed by atoms with Crippen LogP contribution >= 0.6 is 15.9 Å². The smallest absolute Gasteiger partial charge is 0.173 e. The summed E-state index contributed by atoms with van der Waals surface area (Å²) >= 11 is 3.20. The van der Waals surface area contributed by atoms with Crippen molar-refractivity contribution in [1.29, 1.82) is 0 Å². The molecular weight excluding hydrogens is 327 g/mol. The highest BCUT2D eigenvalue weighted by Gasteiger charge is 2.12. The highest BCUT2D eigenvalue weighted by molar-refractivity contribution is 9.10. The summed E-state index contributed by atoms with van der Waals surface area (Å²) in [6.07, 6.45) is 0. The van der Waals surface area contributed by atoms with E-state index in [9.17, 15) is 4.39 Å². The molecule has 0 aliphatic rings. The molecular formula is C14H12BrFN2O2. The zero-order valence-corrected chi connectivity index (χ0v) is 12.2. The van der Waals surface area contributed by atoms with Crippen LogP contribution in [0.4, 0.5) is 4.39 Å². The monoisotopic (exact) mass is 338 g/mol. The Bertz CT molecular complexity index is 654. The number of hydrogen-bond donors (Lipinski definition) is 2. The van der Waals surface area contributed by atoms with Crippen molar-refractivity contribution in [1.82, 2.24) is 0 Å².